The van der Waals surface area contributed by atoms with Crippen LogP contribution >= 0.6 is 0 Å². The van der Waals surface area contributed by atoms with Gasteiger partial charge in [-0.3, -0.25) is 4.79 Å². The molecule has 4 nitrogen and oxygen atoms in total. The molecule has 0 radical (unpaired) electrons. The molecule has 1 N–H and O–H groups in total. The number of ether oxygens (including phenoxy) is 1. The highest BCUT2D eigenvalue weighted by molar-refractivity contribution is 5.89. The molecule has 1 saturated carbocycles. The Kier molecular flexibility index (Phi) is 6.39. The van der Waals surface area contributed by atoms with Gasteiger partial charge in [-0.1, -0.05) is 36.8 Å². The fraction of sp³-hybridized carbons (Fsp3) is 0.474. The van der Waals surface area contributed by atoms with Gasteiger partial charge in [-0.25, -0.2) is 4.79 Å². The fourth-order valence-corrected chi connectivity index (χ4v) is 2.70. The molecule has 0 spiro atoms. The summed E-state index contributed by atoms with van der Waals surface area (Å²) in [5.41, 5.74) is 2.09. The van der Waals surface area contributed by atoms with Gasteiger partial charge in [-0.2, -0.15) is 0 Å². The molecule has 1 aromatic rings. The van der Waals surface area contributed by atoms with Crippen LogP contribution in [0.4, 0.5) is 0 Å². The molecule has 0 aromatic heterocycles. The number of benzene rings is 1. The van der Waals surface area contributed by atoms with E-state index in [1.54, 1.807) is 6.08 Å². The molecule has 0 aliphatic heterocycles. The van der Waals surface area contributed by atoms with Crippen LogP contribution in [0.2, 0.25) is 0 Å². The van der Waals surface area contributed by atoms with E-state index in [0.29, 0.717) is 0 Å². The largest absolute Gasteiger partial charge is 0.452 e. The molecule has 0 saturated heterocycles. The molecule has 23 heavy (non-hydrogen) atoms. The Labute approximate surface area is 137 Å². The number of rotatable bonds is 5. The van der Waals surface area contributed by atoms with Crippen LogP contribution in [0.3, 0.4) is 0 Å². The minimum Gasteiger partial charge on any atom is -0.452 e. The molecule has 124 valence electrons. The third kappa shape index (κ3) is 6.27. The van der Waals surface area contributed by atoms with Crippen molar-refractivity contribution in [3.63, 3.8) is 0 Å². The van der Waals surface area contributed by atoms with Crippen molar-refractivity contribution in [3.05, 3.63) is 41.5 Å². The van der Waals surface area contributed by atoms with E-state index in [2.05, 4.69) is 12.2 Å². The molecular formula is C19H25NO3. The van der Waals surface area contributed by atoms with Gasteiger partial charge in [0.25, 0.3) is 5.91 Å². The van der Waals surface area contributed by atoms with Crippen LogP contribution in [0.15, 0.2) is 30.3 Å². The van der Waals surface area contributed by atoms with Crippen LogP contribution in [0.25, 0.3) is 6.08 Å². The lowest BCUT2D eigenvalue weighted by Crippen LogP contribution is -2.39. The lowest BCUT2D eigenvalue weighted by Gasteiger charge is -2.26. The Morgan fingerprint density at radius 3 is 2.48 bits per heavy atom. The first kappa shape index (κ1) is 17.3. The summed E-state index contributed by atoms with van der Waals surface area (Å²) in [6.07, 6.45) is 7.33. The normalized spacial score (nSPS) is 21.1. The predicted molar refractivity (Wildman–Crippen MR) is 90.7 cm³/mol. The summed E-state index contributed by atoms with van der Waals surface area (Å²) < 4.78 is 4.97. The van der Waals surface area contributed by atoms with Crippen molar-refractivity contribution >= 4 is 18.0 Å². The van der Waals surface area contributed by atoms with E-state index >= 15 is 0 Å². The highest BCUT2D eigenvalue weighted by Gasteiger charge is 2.19. The average Bonchev–Trinajstić information content (AvgIpc) is 2.54. The summed E-state index contributed by atoms with van der Waals surface area (Å²) in [4.78, 5) is 23.4. The Morgan fingerprint density at radius 2 is 1.83 bits per heavy atom. The zero-order valence-corrected chi connectivity index (χ0v) is 13.9. The third-order valence-electron chi connectivity index (χ3n) is 4.22. The maximum Gasteiger partial charge on any atom is 0.331 e. The number of carbonyl (C=O) groups excluding carboxylic acids is 2. The molecular weight excluding hydrogens is 290 g/mol. The van der Waals surface area contributed by atoms with Crippen LogP contribution < -0.4 is 5.32 Å². The van der Waals surface area contributed by atoms with Gasteiger partial charge in [-0.05, 0) is 50.2 Å². The number of hydrogen-bond donors (Lipinski definition) is 1. The lowest BCUT2D eigenvalue weighted by atomic mass is 9.87. The predicted octanol–water partition coefficient (Wildman–Crippen LogP) is 3.25. The Bertz CT molecular complexity index is 554. The first-order chi connectivity index (χ1) is 11.0. The van der Waals surface area contributed by atoms with Gasteiger partial charge < -0.3 is 10.1 Å². The number of nitrogens with one attached hydrogen (secondary N) is 1. The summed E-state index contributed by atoms with van der Waals surface area (Å²) in [6.45, 7) is 4.02. The fourth-order valence-electron chi connectivity index (χ4n) is 2.70. The molecule has 0 unspecified atom stereocenters. The minimum absolute atomic E-state index is 0.219. The van der Waals surface area contributed by atoms with Gasteiger partial charge in [-0.15, -0.1) is 0 Å². The zero-order valence-electron chi connectivity index (χ0n) is 13.9. The van der Waals surface area contributed by atoms with Crippen LogP contribution in [-0.2, 0) is 14.3 Å². The quantitative estimate of drug-likeness (QED) is 0.670. The minimum atomic E-state index is -0.502. The summed E-state index contributed by atoms with van der Waals surface area (Å²) in [6, 6.07) is 8.03. The van der Waals surface area contributed by atoms with E-state index in [1.807, 2.05) is 31.2 Å². The summed E-state index contributed by atoms with van der Waals surface area (Å²) >= 11 is 0. The first-order valence-electron chi connectivity index (χ1n) is 8.24. The zero-order chi connectivity index (χ0) is 16.7. The van der Waals surface area contributed by atoms with Gasteiger partial charge in [0.05, 0.1) is 0 Å². The number of carbonyl (C=O) groups is 2. The molecule has 1 fully saturated rings. The Balaban J connectivity index is 1.69. The van der Waals surface area contributed by atoms with Crippen molar-refractivity contribution in [2.24, 2.45) is 5.92 Å². The summed E-state index contributed by atoms with van der Waals surface area (Å²) in [5, 5.41) is 2.93. The maximum atomic E-state index is 11.8. The second-order valence-electron chi connectivity index (χ2n) is 6.38. The van der Waals surface area contributed by atoms with E-state index in [0.717, 1.165) is 37.2 Å². The lowest BCUT2D eigenvalue weighted by molar-refractivity contribution is -0.144. The second kappa shape index (κ2) is 8.51. The van der Waals surface area contributed by atoms with Gasteiger partial charge in [0, 0.05) is 12.1 Å². The molecule has 0 atom stereocenters. The van der Waals surface area contributed by atoms with E-state index in [4.69, 9.17) is 4.74 Å². The van der Waals surface area contributed by atoms with Crippen molar-refractivity contribution < 1.29 is 14.3 Å². The molecule has 4 heteroatoms. The number of esters is 1. The maximum absolute atomic E-state index is 11.8. The van der Waals surface area contributed by atoms with E-state index in [-0.39, 0.29) is 18.6 Å². The average molecular weight is 315 g/mol. The van der Waals surface area contributed by atoms with Crippen LogP contribution in [0.5, 0.6) is 0 Å². The standard InChI is InChI=1S/C19H25NO3/c1-14-3-7-16(8-4-14)9-12-19(22)23-13-18(21)20-17-10-5-15(2)6-11-17/h3-4,7-9,12,15,17H,5-6,10-11,13H2,1-2H3,(H,20,21)/b12-9+. The Hall–Kier alpha value is -2.10. The van der Waals surface area contributed by atoms with Crippen molar-refractivity contribution in [3.8, 4) is 0 Å². The Morgan fingerprint density at radius 1 is 1.17 bits per heavy atom. The smallest absolute Gasteiger partial charge is 0.331 e. The van der Waals surface area contributed by atoms with Gasteiger partial charge >= 0.3 is 5.97 Å². The molecule has 2 rings (SSSR count). The molecule has 0 heterocycles. The highest BCUT2D eigenvalue weighted by Crippen LogP contribution is 2.23. The van der Waals surface area contributed by atoms with E-state index in [1.165, 1.54) is 11.6 Å². The first-order valence-corrected chi connectivity index (χ1v) is 8.24. The van der Waals surface area contributed by atoms with E-state index < -0.39 is 5.97 Å². The number of aryl methyl sites for hydroxylation is 1. The molecule has 0 bridgehead atoms. The monoisotopic (exact) mass is 315 g/mol. The van der Waals surface area contributed by atoms with Crippen molar-refractivity contribution in [1.29, 1.82) is 0 Å². The van der Waals surface area contributed by atoms with Crippen LogP contribution in [0.1, 0.15) is 43.7 Å². The molecule has 1 aliphatic rings. The van der Waals surface area contributed by atoms with Gasteiger partial charge in [0.2, 0.25) is 0 Å². The van der Waals surface area contributed by atoms with Gasteiger partial charge in [0.15, 0.2) is 6.61 Å². The number of hydrogen-bond acceptors (Lipinski definition) is 3. The van der Waals surface area contributed by atoms with Crippen LogP contribution in [0, 0.1) is 12.8 Å². The third-order valence-corrected chi connectivity index (χ3v) is 4.22. The SMILES string of the molecule is Cc1ccc(/C=C/C(=O)OCC(=O)NC2CCC(C)CC2)cc1. The second-order valence-corrected chi connectivity index (χ2v) is 6.38. The van der Waals surface area contributed by atoms with Crippen molar-refractivity contribution in [2.75, 3.05) is 6.61 Å². The number of amides is 1. The van der Waals surface area contributed by atoms with Crippen molar-refractivity contribution in [1.82, 2.24) is 5.32 Å². The molecule has 1 aliphatic carbocycles. The van der Waals surface area contributed by atoms with E-state index in [9.17, 15) is 9.59 Å². The molecule has 1 amide bonds. The molecule has 1 aromatic carbocycles. The summed E-state index contributed by atoms with van der Waals surface area (Å²) in [7, 11) is 0. The highest BCUT2D eigenvalue weighted by atomic mass is 16.5. The topological polar surface area (TPSA) is 55.4 Å². The van der Waals surface area contributed by atoms with Gasteiger partial charge in [0.1, 0.15) is 0 Å². The van der Waals surface area contributed by atoms with Crippen LogP contribution in [-0.4, -0.2) is 24.5 Å². The summed E-state index contributed by atoms with van der Waals surface area (Å²) in [5.74, 6) is 0.0209. The van der Waals surface area contributed by atoms with Crippen molar-refractivity contribution in [2.45, 2.75) is 45.6 Å².